The number of benzene rings is 1. The van der Waals surface area contributed by atoms with Crippen LogP contribution in [0.2, 0.25) is 0 Å². The number of nitrogens with zero attached hydrogens (tertiary/aromatic N) is 1. The van der Waals surface area contributed by atoms with Crippen LogP contribution in [0.25, 0.3) is 10.9 Å². The molecule has 2 aromatic rings. The number of anilines is 1. The van der Waals surface area contributed by atoms with Crippen molar-refractivity contribution >= 4 is 44.3 Å². The van der Waals surface area contributed by atoms with Gasteiger partial charge in [-0.2, -0.15) is 11.8 Å². The molecule has 3 nitrogen and oxygen atoms in total. The molecule has 0 spiro atoms. The number of pyridine rings is 1. The third kappa shape index (κ3) is 4.11. The van der Waals surface area contributed by atoms with Crippen molar-refractivity contribution in [3.63, 3.8) is 0 Å². The predicted octanol–water partition coefficient (Wildman–Crippen LogP) is 3.88. The van der Waals surface area contributed by atoms with Gasteiger partial charge in [-0.3, -0.25) is 4.98 Å². The Kier molecular flexibility index (Phi) is 6.13. The zero-order valence-corrected chi connectivity index (χ0v) is 14.0. The molecular weight excluding hydrogens is 334 g/mol. The summed E-state index contributed by atoms with van der Waals surface area (Å²) in [6, 6.07) is 8.58. The van der Waals surface area contributed by atoms with E-state index in [-0.39, 0.29) is 0 Å². The zero-order chi connectivity index (χ0) is 14.4. The molecule has 0 radical (unpaired) electrons. The second-order valence-corrected chi connectivity index (χ2v) is 6.64. The Hall–Kier alpha value is -0.780. The second kappa shape index (κ2) is 7.86. The van der Waals surface area contributed by atoms with Crippen molar-refractivity contribution < 1.29 is 0 Å². The lowest BCUT2D eigenvalue weighted by Crippen LogP contribution is -2.29. The number of nitrogens with one attached hydrogen (secondary N) is 1. The van der Waals surface area contributed by atoms with Crippen molar-refractivity contribution in [3.05, 3.63) is 34.9 Å². The van der Waals surface area contributed by atoms with E-state index < -0.39 is 0 Å². The van der Waals surface area contributed by atoms with Crippen LogP contribution in [-0.2, 0) is 0 Å². The maximum Gasteiger partial charge on any atom is 0.0934 e. The smallest absolute Gasteiger partial charge is 0.0934 e. The first-order valence-corrected chi connectivity index (χ1v) is 8.93. The van der Waals surface area contributed by atoms with Gasteiger partial charge in [0.2, 0.25) is 0 Å². The lowest BCUT2D eigenvalue weighted by Gasteiger charge is -2.19. The molecule has 0 aliphatic heterocycles. The molecule has 1 unspecified atom stereocenters. The van der Waals surface area contributed by atoms with E-state index in [1.54, 1.807) is 0 Å². The van der Waals surface area contributed by atoms with Crippen molar-refractivity contribution in [2.24, 2.45) is 5.73 Å². The van der Waals surface area contributed by atoms with Crippen LogP contribution in [0.1, 0.15) is 12.8 Å². The third-order valence-electron chi connectivity index (χ3n) is 3.22. The highest BCUT2D eigenvalue weighted by Crippen LogP contribution is 2.24. The predicted molar refractivity (Wildman–Crippen MR) is 93.5 cm³/mol. The van der Waals surface area contributed by atoms with Crippen molar-refractivity contribution in [2.45, 2.75) is 18.9 Å². The van der Waals surface area contributed by atoms with E-state index in [0.29, 0.717) is 12.6 Å². The number of rotatable bonds is 7. The standard InChI is InChI=1S/C15H20BrN3S/c1-20-7-3-5-13(9-17)19-14-6-2-4-11-8-12(16)10-18-15(11)14/h2,4,6,8,10,13,19H,3,5,7,9,17H2,1H3. The third-order valence-corrected chi connectivity index (χ3v) is 4.35. The quantitative estimate of drug-likeness (QED) is 0.741. The van der Waals surface area contributed by atoms with Crippen molar-refractivity contribution in [1.82, 2.24) is 4.98 Å². The lowest BCUT2D eigenvalue weighted by molar-refractivity contribution is 0.652. The van der Waals surface area contributed by atoms with Crippen LogP contribution < -0.4 is 11.1 Å². The molecule has 0 saturated heterocycles. The Morgan fingerprint density at radius 2 is 2.30 bits per heavy atom. The molecule has 20 heavy (non-hydrogen) atoms. The minimum Gasteiger partial charge on any atom is -0.379 e. The Morgan fingerprint density at radius 1 is 1.45 bits per heavy atom. The van der Waals surface area contributed by atoms with Crippen LogP contribution in [0.3, 0.4) is 0 Å². The van der Waals surface area contributed by atoms with Crippen molar-refractivity contribution in [1.29, 1.82) is 0 Å². The molecule has 0 fully saturated rings. The highest BCUT2D eigenvalue weighted by atomic mass is 79.9. The van der Waals surface area contributed by atoms with Crippen LogP contribution >= 0.6 is 27.7 Å². The zero-order valence-electron chi connectivity index (χ0n) is 11.6. The van der Waals surface area contributed by atoms with Gasteiger partial charge < -0.3 is 11.1 Å². The molecule has 1 aromatic heterocycles. The summed E-state index contributed by atoms with van der Waals surface area (Å²) in [5.41, 5.74) is 7.94. The van der Waals surface area contributed by atoms with Crippen LogP contribution in [-0.4, -0.2) is 29.6 Å². The number of nitrogens with two attached hydrogens (primary N) is 1. The Labute approximate surface area is 132 Å². The fraction of sp³-hybridized carbons (Fsp3) is 0.400. The first-order valence-electron chi connectivity index (χ1n) is 6.74. The number of hydrogen-bond donors (Lipinski definition) is 2. The van der Waals surface area contributed by atoms with Gasteiger partial charge in [-0.05, 0) is 52.9 Å². The number of aromatic nitrogens is 1. The minimum absolute atomic E-state index is 0.304. The van der Waals surface area contributed by atoms with Gasteiger partial charge in [0.15, 0.2) is 0 Å². The fourth-order valence-electron chi connectivity index (χ4n) is 2.19. The Bertz CT molecular complexity index is 562. The molecular formula is C15H20BrN3S. The van der Waals surface area contributed by atoms with Gasteiger partial charge >= 0.3 is 0 Å². The van der Waals surface area contributed by atoms with Gasteiger partial charge in [0, 0.05) is 28.6 Å². The molecule has 0 aliphatic carbocycles. The Morgan fingerprint density at radius 3 is 3.05 bits per heavy atom. The summed E-state index contributed by atoms with van der Waals surface area (Å²) in [6.45, 7) is 0.640. The van der Waals surface area contributed by atoms with E-state index in [4.69, 9.17) is 5.73 Å². The van der Waals surface area contributed by atoms with E-state index in [2.05, 4.69) is 50.7 Å². The number of fused-ring (bicyclic) bond motifs is 1. The number of thioether (sulfide) groups is 1. The molecule has 108 valence electrons. The monoisotopic (exact) mass is 353 g/mol. The fourth-order valence-corrected chi connectivity index (χ4v) is 3.00. The van der Waals surface area contributed by atoms with E-state index >= 15 is 0 Å². The SMILES string of the molecule is CSCCCC(CN)Nc1cccc2cc(Br)cnc12. The normalized spacial score (nSPS) is 12.6. The molecule has 2 rings (SSSR count). The van der Waals surface area contributed by atoms with Gasteiger partial charge in [0.05, 0.1) is 11.2 Å². The average molecular weight is 354 g/mol. The number of para-hydroxylation sites is 1. The minimum atomic E-state index is 0.304. The molecule has 0 saturated carbocycles. The van der Waals surface area contributed by atoms with Crippen LogP contribution in [0.15, 0.2) is 34.9 Å². The summed E-state index contributed by atoms with van der Waals surface area (Å²) in [7, 11) is 0. The van der Waals surface area contributed by atoms with E-state index in [1.165, 1.54) is 12.2 Å². The topological polar surface area (TPSA) is 50.9 Å². The molecule has 0 amide bonds. The van der Waals surface area contributed by atoms with E-state index in [0.717, 1.165) is 27.5 Å². The molecule has 1 heterocycles. The second-order valence-electron chi connectivity index (χ2n) is 4.74. The summed E-state index contributed by atoms with van der Waals surface area (Å²) in [5.74, 6) is 1.18. The summed E-state index contributed by atoms with van der Waals surface area (Å²) >= 11 is 5.34. The van der Waals surface area contributed by atoms with Crippen LogP contribution in [0.4, 0.5) is 5.69 Å². The van der Waals surface area contributed by atoms with Gasteiger partial charge in [-0.1, -0.05) is 12.1 Å². The van der Waals surface area contributed by atoms with Gasteiger partial charge in [0.25, 0.3) is 0 Å². The molecule has 1 aromatic carbocycles. The first-order chi connectivity index (χ1) is 9.74. The molecule has 5 heteroatoms. The molecule has 0 aliphatic rings. The maximum atomic E-state index is 5.87. The average Bonchev–Trinajstić information content (AvgIpc) is 2.46. The molecule has 1 atom stereocenters. The van der Waals surface area contributed by atoms with Gasteiger partial charge in [0.1, 0.15) is 0 Å². The maximum absolute atomic E-state index is 5.87. The van der Waals surface area contributed by atoms with Crippen molar-refractivity contribution in [2.75, 3.05) is 23.9 Å². The summed E-state index contributed by atoms with van der Waals surface area (Å²) < 4.78 is 0.998. The summed E-state index contributed by atoms with van der Waals surface area (Å²) in [6.07, 6.45) is 6.24. The summed E-state index contributed by atoms with van der Waals surface area (Å²) in [4.78, 5) is 4.51. The van der Waals surface area contributed by atoms with Crippen LogP contribution in [0, 0.1) is 0 Å². The number of hydrogen-bond acceptors (Lipinski definition) is 4. The largest absolute Gasteiger partial charge is 0.379 e. The van der Waals surface area contributed by atoms with E-state index in [1.807, 2.05) is 24.0 Å². The Balaban J connectivity index is 2.15. The van der Waals surface area contributed by atoms with Crippen molar-refractivity contribution in [3.8, 4) is 0 Å². The highest BCUT2D eigenvalue weighted by molar-refractivity contribution is 9.10. The molecule has 3 N–H and O–H groups in total. The molecule has 0 bridgehead atoms. The van der Waals surface area contributed by atoms with E-state index in [9.17, 15) is 0 Å². The number of halogens is 1. The van der Waals surface area contributed by atoms with Gasteiger partial charge in [-0.25, -0.2) is 0 Å². The summed E-state index contributed by atoms with van der Waals surface area (Å²) in [5, 5.41) is 4.67. The van der Waals surface area contributed by atoms with Gasteiger partial charge in [-0.15, -0.1) is 0 Å². The first kappa shape index (κ1) is 15.6. The highest BCUT2D eigenvalue weighted by Gasteiger charge is 2.09. The van der Waals surface area contributed by atoms with Crippen LogP contribution in [0.5, 0.6) is 0 Å². The lowest BCUT2D eigenvalue weighted by atomic mass is 10.1.